The molecular formula is C20H17N3O2S. The maximum atomic E-state index is 12.1. The van der Waals surface area contributed by atoms with E-state index in [0.717, 1.165) is 33.2 Å². The van der Waals surface area contributed by atoms with Gasteiger partial charge in [-0.05, 0) is 30.7 Å². The maximum Gasteiger partial charge on any atom is 0.262 e. The van der Waals surface area contributed by atoms with Crippen molar-refractivity contribution < 1.29 is 9.53 Å². The van der Waals surface area contributed by atoms with Gasteiger partial charge in [-0.3, -0.25) is 9.20 Å². The van der Waals surface area contributed by atoms with Crippen LogP contribution in [0.25, 0.3) is 16.2 Å². The van der Waals surface area contributed by atoms with Gasteiger partial charge in [0.2, 0.25) is 0 Å². The summed E-state index contributed by atoms with van der Waals surface area (Å²) in [5, 5.41) is 4.85. The van der Waals surface area contributed by atoms with Crippen LogP contribution in [-0.2, 0) is 4.79 Å². The Hall–Kier alpha value is -3.12. The van der Waals surface area contributed by atoms with Crippen molar-refractivity contribution in [3.05, 3.63) is 71.9 Å². The summed E-state index contributed by atoms with van der Waals surface area (Å²) in [6.45, 7) is 1.93. The first-order chi connectivity index (χ1) is 12.7. The number of anilines is 1. The number of benzene rings is 2. The van der Waals surface area contributed by atoms with Gasteiger partial charge in [0.15, 0.2) is 11.6 Å². The first-order valence-corrected chi connectivity index (χ1v) is 9.08. The number of rotatable bonds is 5. The maximum absolute atomic E-state index is 12.1. The molecule has 0 unspecified atom stereocenters. The molecule has 0 spiro atoms. The van der Waals surface area contributed by atoms with E-state index in [1.807, 2.05) is 77.6 Å². The Bertz CT molecular complexity index is 1020. The lowest BCUT2D eigenvalue weighted by Crippen LogP contribution is -2.20. The van der Waals surface area contributed by atoms with Crippen LogP contribution in [0, 0.1) is 6.92 Å². The van der Waals surface area contributed by atoms with Crippen molar-refractivity contribution in [1.29, 1.82) is 0 Å². The predicted octanol–water partition coefficient (Wildman–Crippen LogP) is 4.39. The van der Waals surface area contributed by atoms with Crippen LogP contribution in [0.15, 0.2) is 66.3 Å². The number of thiazole rings is 1. The van der Waals surface area contributed by atoms with Crippen molar-refractivity contribution in [3.8, 4) is 17.0 Å². The molecule has 0 bridgehead atoms. The highest BCUT2D eigenvalue weighted by Gasteiger charge is 2.07. The molecule has 0 fully saturated rings. The van der Waals surface area contributed by atoms with Gasteiger partial charge in [-0.2, -0.15) is 0 Å². The van der Waals surface area contributed by atoms with Crippen molar-refractivity contribution in [3.63, 3.8) is 0 Å². The van der Waals surface area contributed by atoms with E-state index in [9.17, 15) is 4.79 Å². The molecule has 0 radical (unpaired) electrons. The van der Waals surface area contributed by atoms with Crippen molar-refractivity contribution >= 4 is 27.9 Å². The lowest BCUT2D eigenvalue weighted by Gasteiger charge is -2.09. The summed E-state index contributed by atoms with van der Waals surface area (Å²) in [6.07, 6.45) is 3.98. The third kappa shape index (κ3) is 3.45. The Morgan fingerprint density at radius 3 is 2.77 bits per heavy atom. The first-order valence-electron chi connectivity index (χ1n) is 8.20. The molecule has 2 heterocycles. The van der Waals surface area contributed by atoms with Crippen LogP contribution in [0.2, 0.25) is 0 Å². The molecule has 5 nitrogen and oxygen atoms in total. The van der Waals surface area contributed by atoms with Crippen LogP contribution in [-0.4, -0.2) is 21.9 Å². The van der Waals surface area contributed by atoms with E-state index in [2.05, 4.69) is 10.3 Å². The van der Waals surface area contributed by atoms with Crippen LogP contribution in [0.5, 0.6) is 5.75 Å². The quantitative estimate of drug-likeness (QED) is 0.572. The van der Waals surface area contributed by atoms with Gasteiger partial charge in [0, 0.05) is 29.0 Å². The van der Waals surface area contributed by atoms with E-state index in [0.29, 0.717) is 0 Å². The zero-order valence-corrected chi connectivity index (χ0v) is 15.0. The molecule has 0 aliphatic rings. The second-order valence-corrected chi connectivity index (χ2v) is 6.77. The molecule has 4 rings (SSSR count). The van der Waals surface area contributed by atoms with Crippen molar-refractivity contribution in [2.45, 2.75) is 6.92 Å². The summed E-state index contributed by atoms with van der Waals surface area (Å²) in [5.41, 5.74) is 3.66. The Labute approximate surface area is 154 Å². The number of amides is 1. The van der Waals surface area contributed by atoms with E-state index in [-0.39, 0.29) is 12.5 Å². The number of aryl methyl sites for hydroxylation is 1. The molecule has 1 amide bonds. The third-order valence-corrected chi connectivity index (χ3v) is 4.78. The number of hydrogen-bond donors (Lipinski definition) is 1. The van der Waals surface area contributed by atoms with Gasteiger partial charge in [0.05, 0.1) is 5.69 Å². The van der Waals surface area contributed by atoms with Gasteiger partial charge in [-0.15, -0.1) is 11.3 Å². The molecule has 0 saturated heterocycles. The number of carbonyl (C=O) groups excluding carboxylic acids is 1. The summed E-state index contributed by atoms with van der Waals surface area (Å²) in [6, 6.07) is 15.3. The monoisotopic (exact) mass is 363 g/mol. The molecule has 1 N–H and O–H groups in total. The summed E-state index contributed by atoms with van der Waals surface area (Å²) in [5.74, 6) is 0.529. The lowest BCUT2D eigenvalue weighted by molar-refractivity contribution is -0.118. The highest BCUT2D eigenvalue weighted by molar-refractivity contribution is 7.15. The number of nitrogens with one attached hydrogen (secondary N) is 1. The molecule has 2 aromatic heterocycles. The number of aromatic nitrogens is 2. The van der Waals surface area contributed by atoms with E-state index in [4.69, 9.17) is 4.74 Å². The minimum atomic E-state index is -0.191. The highest BCUT2D eigenvalue weighted by atomic mass is 32.1. The number of nitrogens with zero attached hydrogens (tertiary/aromatic N) is 2. The Morgan fingerprint density at radius 2 is 2.00 bits per heavy atom. The fourth-order valence-electron chi connectivity index (χ4n) is 2.65. The molecule has 130 valence electrons. The topological polar surface area (TPSA) is 55.6 Å². The zero-order valence-electron chi connectivity index (χ0n) is 14.2. The molecule has 0 saturated carbocycles. The molecule has 2 aromatic carbocycles. The van der Waals surface area contributed by atoms with Crippen molar-refractivity contribution in [2.24, 2.45) is 0 Å². The van der Waals surface area contributed by atoms with Gasteiger partial charge < -0.3 is 10.1 Å². The standard InChI is InChI=1S/C20H17N3O2S/c1-14-4-2-3-5-18(14)25-13-19(24)21-16-8-6-15(7-9-16)17-12-23-10-11-26-20(23)22-17/h2-12H,13H2,1H3,(H,21,24). The number of para-hydroxylation sites is 1. The van der Waals surface area contributed by atoms with Gasteiger partial charge in [0.25, 0.3) is 5.91 Å². The van der Waals surface area contributed by atoms with Crippen LogP contribution < -0.4 is 10.1 Å². The van der Waals surface area contributed by atoms with Gasteiger partial charge >= 0.3 is 0 Å². The minimum absolute atomic E-state index is 0.0239. The minimum Gasteiger partial charge on any atom is -0.483 e. The molecule has 0 aliphatic carbocycles. The fourth-order valence-corrected chi connectivity index (χ4v) is 3.35. The van der Waals surface area contributed by atoms with Crippen molar-refractivity contribution in [2.75, 3.05) is 11.9 Å². The second kappa shape index (κ2) is 7.01. The average Bonchev–Trinajstić information content (AvgIpc) is 3.24. The number of carbonyl (C=O) groups is 1. The lowest BCUT2D eigenvalue weighted by atomic mass is 10.1. The van der Waals surface area contributed by atoms with E-state index < -0.39 is 0 Å². The normalized spacial score (nSPS) is 10.8. The molecule has 26 heavy (non-hydrogen) atoms. The summed E-state index contributed by atoms with van der Waals surface area (Å²) < 4.78 is 7.56. The molecule has 0 atom stereocenters. The number of fused-ring (bicyclic) bond motifs is 1. The van der Waals surface area contributed by atoms with Crippen LogP contribution in [0.4, 0.5) is 5.69 Å². The van der Waals surface area contributed by atoms with Gasteiger partial charge in [0.1, 0.15) is 5.75 Å². The van der Waals surface area contributed by atoms with E-state index in [1.54, 1.807) is 11.3 Å². The third-order valence-electron chi connectivity index (χ3n) is 4.01. The molecule has 6 heteroatoms. The largest absolute Gasteiger partial charge is 0.483 e. The molecule has 0 aliphatic heterocycles. The van der Waals surface area contributed by atoms with Crippen LogP contribution >= 0.6 is 11.3 Å². The smallest absolute Gasteiger partial charge is 0.262 e. The average molecular weight is 363 g/mol. The summed E-state index contributed by atoms with van der Waals surface area (Å²) in [4.78, 5) is 17.6. The summed E-state index contributed by atoms with van der Waals surface area (Å²) in [7, 11) is 0. The summed E-state index contributed by atoms with van der Waals surface area (Å²) >= 11 is 1.60. The SMILES string of the molecule is Cc1ccccc1OCC(=O)Nc1ccc(-c2cn3ccsc3n2)cc1. The highest BCUT2D eigenvalue weighted by Crippen LogP contribution is 2.23. The fraction of sp³-hybridized carbons (Fsp3) is 0.100. The Balaban J connectivity index is 1.38. The van der Waals surface area contributed by atoms with E-state index >= 15 is 0 Å². The number of ether oxygens (including phenoxy) is 1. The Morgan fingerprint density at radius 1 is 1.19 bits per heavy atom. The van der Waals surface area contributed by atoms with Gasteiger partial charge in [-0.1, -0.05) is 30.3 Å². The molecular weight excluding hydrogens is 346 g/mol. The first kappa shape index (κ1) is 16.4. The van der Waals surface area contributed by atoms with Crippen LogP contribution in [0.3, 0.4) is 0 Å². The Kier molecular flexibility index (Phi) is 4.41. The predicted molar refractivity (Wildman–Crippen MR) is 104 cm³/mol. The van der Waals surface area contributed by atoms with Crippen molar-refractivity contribution in [1.82, 2.24) is 9.38 Å². The number of imidazole rings is 1. The zero-order chi connectivity index (χ0) is 17.9. The molecule has 4 aromatic rings. The van der Waals surface area contributed by atoms with Gasteiger partial charge in [-0.25, -0.2) is 4.98 Å². The van der Waals surface area contributed by atoms with E-state index in [1.165, 1.54) is 0 Å². The van der Waals surface area contributed by atoms with Crippen LogP contribution in [0.1, 0.15) is 5.56 Å². The second-order valence-electron chi connectivity index (χ2n) is 5.90. The number of hydrogen-bond acceptors (Lipinski definition) is 4.